The predicted molar refractivity (Wildman–Crippen MR) is 53.4 cm³/mol. The zero-order valence-corrected chi connectivity index (χ0v) is 8.74. The van der Waals surface area contributed by atoms with Crippen LogP contribution < -0.4 is 0 Å². The maximum atomic E-state index is 11.6. The number of sulfone groups is 1. The second-order valence-electron chi connectivity index (χ2n) is 3.03. The predicted octanol–water partition coefficient (Wildman–Crippen LogP) is 1.07. The molecule has 0 fully saturated rings. The molecule has 5 heteroatoms. The van der Waals surface area contributed by atoms with Crippen molar-refractivity contribution >= 4 is 9.84 Å². The van der Waals surface area contributed by atoms with Crippen LogP contribution in [-0.4, -0.2) is 24.1 Å². The van der Waals surface area contributed by atoms with Gasteiger partial charge in [0.05, 0.1) is 5.75 Å². The van der Waals surface area contributed by atoms with Gasteiger partial charge in [-0.3, -0.25) is 0 Å². The van der Waals surface area contributed by atoms with Gasteiger partial charge in [-0.15, -0.1) is 6.58 Å². The highest BCUT2D eigenvalue weighted by atomic mass is 32.2. The maximum absolute atomic E-state index is 11.6. The molecular formula is C9H12N2O2S. The quantitative estimate of drug-likeness (QED) is 0.553. The van der Waals surface area contributed by atoms with Gasteiger partial charge in [-0.1, -0.05) is 13.0 Å². The summed E-state index contributed by atoms with van der Waals surface area (Å²) >= 11 is 0. The van der Waals surface area contributed by atoms with Crippen LogP contribution in [0.25, 0.3) is 0 Å². The number of rotatable bonds is 4. The Morgan fingerprint density at radius 1 is 1.50 bits per heavy atom. The third-order valence-electron chi connectivity index (χ3n) is 1.70. The summed E-state index contributed by atoms with van der Waals surface area (Å²) in [7, 11) is -3.37. The highest BCUT2D eigenvalue weighted by Gasteiger charge is 2.19. The van der Waals surface area contributed by atoms with Crippen LogP contribution in [0.15, 0.2) is 36.3 Å². The molecule has 0 aliphatic carbocycles. The molecule has 1 aromatic rings. The first kappa shape index (κ1) is 10.8. The Labute approximate surface area is 83.6 Å². The van der Waals surface area contributed by atoms with Gasteiger partial charge in [0.2, 0.25) is 15.0 Å². The molecule has 1 aromatic heterocycles. The number of allylic oxidation sites excluding steroid dienone is 1. The van der Waals surface area contributed by atoms with E-state index in [1.54, 1.807) is 19.1 Å². The minimum atomic E-state index is -3.37. The topological polar surface area (TPSA) is 59.9 Å². The second-order valence-corrected chi connectivity index (χ2v) is 4.95. The van der Waals surface area contributed by atoms with Gasteiger partial charge in [-0.2, -0.15) is 0 Å². The molecule has 1 unspecified atom stereocenters. The van der Waals surface area contributed by atoms with Gasteiger partial charge in [0.1, 0.15) is 0 Å². The van der Waals surface area contributed by atoms with E-state index in [0.29, 0.717) is 0 Å². The van der Waals surface area contributed by atoms with Crippen LogP contribution in [0.2, 0.25) is 0 Å². The third-order valence-corrected chi connectivity index (χ3v) is 3.44. The largest absolute Gasteiger partial charge is 0.247 e. The van der Waals surface area contributed by atoms with Gasteiger partial charge in [-0.25, -0.2) is 18.4 Å². The SMILES string of the molecule is C=CC(C)CS(=O)(=O)c1ncccn1. The Bertz CT molecular complexity index is 400. The molecule has 0 aromatic carbocycles. The van der Waals surface area contributed by atoms with Crippen LogP contribution in [0.3, 0.4) is 0 Å². The van der Waals surface area contributed by atoms with Crippen LogP contribution >= 0.6 is 0 Å². The van der Waals surface area contributed by atoms with Crippen LogP contribution in [0.4, 0.5) is 0 Å². The lowest BCUT2D eigenvalue weighted by atomic mass is 10.2. The summed E-state index contributed by atoms with van der Waals surface area (Å²) in [4.78, 5) is 7.41. The van der Waals surface area contributed by atoms with Crippen molar-refractivity contribution in [3.05, 3.63) is 31.1 Å². The monoisotopic (exact) mass is 212 g/mol. The summed E-state index contributed by atoms with van der Waals surface area (Å²) in [6.07, 6.45) is 4.43. The molecule has 0 bridgehead atoms. The van der Waals surface area contributed by atoms with Crippen LogP contribution in [-0.2, 0) is 9.84 Å². The lowest BCUT2D eigenvalue weighted by molar-refractivity contribution is 0.579. The molecule has 0 amide bonds. The molecule has 4 nitrogen and oxygen atoms in total. The van der Waals surface area contributed by atoms with Crippen LogP contribution in [0.5, 0.6) is 0 Å². The highest BCUT2D eigenvalue weighted by molar-refractivity contribution is 7.91. The molecule has 14 heavy (non-hydrogen) atoms. The van der Waals surface area contributed by atoms with Gasteiger partial charge < -0.3 is 0 Å². The van der Waals surface area contributed by atoms with Crippen molar-refractivity contribution in [2.24, 2.45) is 5.92 Å². The zero-order valence-electron chi connectivity index (χ0n) is 7.92. The Kier molecular flexibility index (Phi) is 3.35. The van der Waals surface area contributed by atoms with Crippen molar-refractivity contribution in [3.63, 3.8) is 0 Å². The van der Waals surface area contributed by atoms with E-state index < -0.39 is 9.84 Å². The first-order valence-electron chi connectivity index (χ1n) is 4.18. The summed E-state index contributed by atoms with van der Waals surface area (Å²) in [5.74, 6) is -0.0932. The standard InChI is InChI=1S/C9H12N2O2S/c1-3-8(2)7-14(12,13)9-10-5-4-6-11-9/h3-6,8H,1,7H2,2H3. The molecule has 0 spiro atoms. The van der Waals surface area contributed by atoms with E-state index in [2.05, 4.69) is 16.5 Å². The smallest absolute Gasteiger partial charge is 0.227 e. The molecule has 1 rings (SSSR count). The lowest BCUT2D eigenvalue weighted by Crippen LogP contribution is -2.15. The Morgan fingerprint density at radius 3 is 2.57 bits per heavy atom. The highest BCUT2D eigenvalue weighted by Crippen LogP contribution is 2.08. The Hall–Kier alpha value is -1.23. The van der Waals surface area contributed by atoms with Crippen molar-refractivity contribution in [1.82, 2.24) is 9.97 Å². The van der Waals surface area contributed by atoms with Crippen molar-refractivity contribution in [3.8, 4) is 0 Å². The number of hydrogen-bond donors (Lipinski definition) is 0. The van der Waals surface area contributed by atoms with Crippen molar-refractivity contribution in [2.75, 3.05) is 5.75 Å². The summed E-state index contributed by atoms with van der Waals surface area (Å²) in [5, 5.41) is -0.117. The molecule has 0 aliphatic rings. The molecule has 0 saturated heterocycles. The van der Waals surface area contributed by atoms with Gasteiger partial charge in [0.15, 0.2) is 0 Å². The summed E-state index contributed by atoms with van der Waals surface area (Å²) in [6.45, 7) is 5.32. The zero-order chi connectivity index (χ0) is 10.6. The molecule has 1 heterocycles. The molecule has 1 atom stereocenters. The van der Waals surface area contributed by atoms with E-state index in [4.69, 9.17) is 0 Å². The molecular weight excluding hydrogens is 200 g/mol. The number of aromatic nitrogens is 2. The first-order valence-corrected chi connectivity index (χ1v) is 5.84. The molecule has 0 saturated carbocycles. The summed E-state index contributed by atoms with van der Waals surface area (Å²) in [5.41, 5.74) is 0. The fourth-order valence-corrected chi connectivity index (χ4v) is 2.35. The van der Waals surface area contributed by atoms with E-state index in [0.717, 1.165) is 0 Å². The van der Waals surface area contributed by atoms with Crippen molar-refractivity contribution in [1.29, 1.82) is 0 Å². The fraction of sp³-hybridized carbons (Fsp3) is 0.333. The van der Waals surface area contributed by atoms with Gasteiger partial charge in [-0.05, 0) is 12.0 Å². The van der Waals surface area contributed by atoms with Gasteiger partial charge >= 0.3 is 0 Å². The van der Waals surface area contributed by atoms with Crippen LogP contribution in [0.1, 0.15) is 6.92 Å². The first-order chi connectivity index (χ1) is 6.56. The van der Waals surface area contributed by atoms with E-state index in [1.165, 1.54) is 12.4 Å². The minimum absolute atomic E-state index is 0.000509. The second kappa shape index (κ2) is 4.32. The van der Waals surface area contributed by atoms with Crippen molar-refractivity contribution < 1.29 is 8.42 Å². The number of nitrogens with zero attached hydrogens (tertiary/aromatic N) is 2. The van der Waals surface area contributed by atoms with E-state index in [9.17, 15) is 8.42 Å². The molecule has 0 N–H and O–H groups in total. The van der Waals surface area contributed by atoms with Gasteiger partial charge in [0.25, 0.3) is 0 Å². The third kappa shape index (κ3) is 2.63. The normalized spacial score (nSPS) is 13.5. The van der Waals surface area contributed by atoms with E-state index in [-0.39, 0.29) is 16.8 Å². The van der Waals surface area contributed by atoms with Crippen molar-refractivity contribution in [2.45, 2.75) is 12.1 Å². The molecule has 0 radical (unpaired) electrons. The van der Waals surface area contributed by atoms with E-state index >= 15 is 0 Å². The minimum Gasteiger partial charge on any atom is -0.227 e. The average molecular weight is 212 g/mol. The van der Waals surface area contributed by atoms with E-state index in [1.807, 2.05) is 0 Å². The molecule has 76 valence electrons. The summed E-state index contributed by atoms with van der Waals surface area (Å²) < 4.78 is 23.3. The lowest BCUT2D eigenvalue weighted by Gasteiger charge is -2.05. The Balaban J connectivity index is 2.92. The fourth-order valence-electron chi connectivity index (χ4n) is 0.935. The molecule has 0 aliphatic heterocycles. The average Bonchev–Trinajstić information content (AvgIpc) is 2.18. The maximum Gasteiger partial charge on any atom is 0.247 e. The Morgan fingerprint density at radius 2 is 2.07 bits per heavy atom. The number of hydrogen-bond acceptors (Lipinski definition) is 4. The van der Waals surface area contributed by atoms with Crippen LogP contribution in [0, 0.1) is 5.92 Å². The van der Waals surface area contributed by atoms with Gasteiger partial charge in [0, 0.05) is 12.4 Å². The summed E-state index contributed by atoms with van der Waals surface area (Å²) in [6, 6.07) is 1.58.